The average molecular weight is 328 g/mol. The van der Waals surface area contributed by atoms with Gasteiger partial charge in [0.1, 0.15) is 10.7 Å². The van der Waals surface area contributed by atoms with Crippen molar-refractivity contribution >= 4 is 40.4 Å². The molecule has 2 rings (SSSR count). The van der Waals surface area contributed by atoms with E-state index in [0.717, 1.165) is 11.3 Å². The topological polar surface area (TPSA) is 61.0 Å². The molecule has 2 N–H and O–H groups in total. The van der Waals surface area contributed by atoms with Gasteiger partial charge in [-0.2, -0.15) is 5.10 Å². The van der Waals surface area contributed by atoms with E-state index in [0.29, 0.717) is 21.4 Å². The molecule has 2 aromatic rings. The monoisotopic (exact) mass is 327 g/mol. The Morgan fingerprint density at radius 1 is 1.15 bits per heavy atom. The molecule has 7 heteroatoms. The number of nitrogens with zero attached hydrogens (tertiary/aromatic N) is 2. The fraction of sp³-hybridized carbons (Fsp3) is 0.154. The summed E-state index contributed by atoms with van der Waals surface area (Å²) in [6.45, 7) is 3.68. The number of aromatic nitrogens is 2. The number of ether oxygens (including phenoxy) is 1. The lowest BCUT2D eigenvalue weighted by molar-refractivity contribution is 0.452. The quantitative estimate of drug-likeness (QED) is 0.868. The smallest absolute Gasteiger partial charge is 0.249 e. The number of hydrogen-bond acceptors (Lipinski definition) is 4. The van der Waals surface area contributed by atoms with Crippen LogP contribution in [0.4, 0.5) is 0 Å². The molecule has 0 amide bonds. The van der Waals surface area contributed by atoms with Gasteiger partial charge >= 0.3 is 0 Å². The molecule has 0 saturated heterocycles. The van der Waals surface area contributed by atoms with Gasteiger partial charge in [0.25, 0.3) is 0 Å². The summed E-state index contributed by atoms with van der Waals surface area (Å²) in [7, 11) is 0. The first-order valence-electron chi connectivity index (χ1n) is 5.66. The molecule has 4 nitrogen and oxygen atoms in total. The zero-order valence-corrected chi connectivity index (χ0v) is 13.1. The number of thiocarbonyl (C=S) groups is 1. The number of halogens is 2. The van der Waals surface area contributed by atoms with Crippen LogP contribution in [0, 0.1) is 13.8 Å². The zero-order valence-electron chi connectivity index (χ0n) is 10.8. The van der Waals surface area contributed by atoms with Crippen LogP contribution < -0.4 is 10.5 Å². The minimum Gasteiger partial charge on any atom is -0.437 e. The molecule has 0 unspecified atom stereocenters. The second-order valence-electron chi connectivity index (χ2n) is 4.16. The average Bonchev–Trinajstić information content (AvgIpc) is 2.32. The van der Waals surface area contributed by atoms with Crippen molar-refractivity contribution in [3.05, 3.63) is 45.1 Å². The summed E-state index contributed by atoms with van der Waals surface area (Å²) in [5.41, 5.74) is 7.86. The van der Waals surface area contributed by atoms with Gasteiger partial charge in [-0.3, -0.25) is 0 Å². The molecular formula is C13H11Cl2N3OS. The fourth-order valence-corrected chi connectivity index (χ4v) is 2.39. The molecule has 0 bridgehead atoms. The molecule has 0 atom stereocenters. The highest BCUT2D eigenvalue weighted by Crippen LogP contribution is 2.30. The zero-order chi connectivity index (χ0) is 14.9. The lowest BCUT2D eigenvalue weighted by Crippen LogP contribution is -2.15. The summed E-state index contributed by atoms with van der Waals surface area (Å²) in [5.74, 6) is 0.677. The minimum atomic E-state index is 0.198. The normalized spacial score (nSPS) is 10.4. The molecule has 0 aliphatic heterocycles. The highest BCUT2D eigenvalue weighted by atomic mass is 35.5. The number of hydrogen-bond donors (Lipinski definition) is 1. The van der Waals surface area contributed by atoms with E-state index in [1.54, 1.807) is 18.2 Å². The Morgan fingerprint density at radius 2 is 1.75 bits per heavy atom. The molecule has 104 valence electrons. The van der Waals surface area contributed by atoms with Crippen LogP contribution in [0.5, 0.6) is 11.6 Å². The van der Waals surface area contributed by atoms with E-state index in [2.05, 4.69) is 10.2 Å². The third-order valence-electron chi connectivity index (χ3n) is 2.72. The maximum Gasteiger partial charge on any atom is 0.249 e. The van der Waals surface area contributed by atoms with Crippen molar-refractivity contribution < 1.29 is 4.74 Å². The summed E-state index contributed by atoms with van der Waals surface area (Å²) in [6, 6.07) is 4.85. The van der Waals surface area contributed by atoms with Gasteiger partial charge in [-0.1, -0.05) is 35.4 Å². The predicted octanol–water partition coefficient (Wildman–Crippen LogP) is 3.83. The first-order chi connectivity index (χ1) is 9.38. The Balaban J connectivity index is 2.48. The standard InChI is InChI=1S/C13H11Cl2N3OS/c1-6-7(2)17-18-13(11(6)12(16)20)19-10-4-8(14)3-9(15)5-10/h3-5H,1-2H3,(H2,16,20). The Bertz CT molecular complexity index is 671. The van der Waals surface area contributed by atoms with Crippen LogP contribution in [0.15, 0.2) is 18.2 Å². The lowest BCUT2D eigenvalue weighted by atomic mass is 10.1. The van der Waals surface area contributed by atoms with E-state index >= 15 is 0 Å². The second-order valence-corrected chi connectivity index (χ2v) is 5.47. The molecule has 0 saturated carbocycles. The van der Waals surface area contributed by atoms with E-state index in [4.69, 9.17) is 45.9 Å². The Hall–Kier alpha value is -1.43. The van der Waals surface area contributed by atoms with Crippen molar-refractivity contribution in [3.8, 4) is 11.6 Å². The molecular weight excluding hydrogens is 317 g/mol. The third kappa shape index (κ3) is 3.17. The summed E-state index contributed by atoms with van der Waals surface area (Å²) >= 11 is 16.9. The van der Waals surface area contributed by atoms with Crippen LogP contribution in [0.25, 0.3) is 0 Å². The van der Waals surface area contributed by atoms with Crippen LogP contribution in [-0.2, 0) is 0 Å². The van der Waals surface area contributed by atoms with Gasteiger partial charge in [0.15, 0.2) is 0 Å². The van der Waals surface area contributed by atoms with Crippen molar-refractivity contribution in [3.63, 3.8) is 0 Å². The molecule has 1 aromatic heterocycles. The summed E-state index contributed by atoms with van der Waals surface area (Å²) in [4.78, 5) is 0.198. The molecule has 0 aliphatic carbocycles. The van der Waals surface area contributed by atoms with Crippen molar-refractivity contribution in [2.75, 3.05) is 0 Å². The number of nitrogens with two attached hydrogens (primary N) is 1. The molecule has 0 radical (unpaired) electrons. The maximum absolute atomic E-state index is 5.92. The fourth-order valence-electron chi connectivity index (χ4n) is 1.65. The van der Waals surface area contributed by atoms with E-state index in [-0.39, 0.29) is 10.9 Å². The molecule has 1 heterocycles. The maximum atomic E-state index is 5.92. The van der Waals surface area contributed by atoms with Gasteiger partial charge in [0.05, 0.1) is 11.3 Å². The molecule has 0 aliphatic rings. The van der Waals surface area contributed by atoms with Crippen LogP contribution in [0.3, 0.4) is 0 Å². The van der Waals surface area contributed by atoms with Gasteiger partial charge in [-0.25, -0.2) is 0 Å². The van der Waals surface area contributed by atoms with Crippen LogP contribution in [-0.4, -0.2) is 15.2 Å². The first-order valence-corrected chi connectivity index (χ1v) is 6.82. The number of rotatable bonds is 3. The third-order valence-corrected chi connectivity index (χ3v) is 3.36. The largest absolute Gasteiger partial charge is 0.437 e. The highest BCUT2D eigenvalue weighted by Gasteiger charge is 2.16. The molecule has 20 heavy (non-hydrogen) atoms. The lowest BCUT2D eigenvalue weighted by Gasteiger charge is -2.12. The molecule has 0 spiro atoms. The second kappa shape index (κ2) is 5.91. The molecule has 0 fully saturated rings. The van der Waals surface area contributed by atoms with Crippen LogP contribution in [0.2, 0.25) is 10.0 Å². The minimum absolute atomic E-state index is 0.198. The van der Waals surface area contributed by atoms with Crippen LogP contribution >= 0.6 is 35.4 Å². The van der Waals surface area contributed by atoms with Gasteiger partial charge < -0.3 is 10.5 Å². The van der Waals surface area contributed by atoms with E-state index in [9.17, 15) is 0 Å². The Labute approximate surface area is 131 Å². The van der Waals surface area contributed by atoms with Gasteiger partial charge in [0.2, 0.25) is 5.88 Å². The van der Waals surface area contributed by atoms with Crippen molar-refractivity contribution in [2.24, 2.45) is 5.73 Å². The van der Waals surface area contributed by atoms with Gasteiger partial charge in [-0.05, 0) is 37.6 Å². The van der Waals surface area contributed by atoms with Gasteiger partial charge in [0, 0.05) is 10.0 Å². The number of benzene rings is 1. The van der Waals surface area contributed by atoms with E-state index in [1.165, 1.54) is 0 Å². The number of aryl methyl sites for hydroxylation is 1. The van der Waals surface area contributed by atoms with E-state index in [1.807, 2.05) is 13.8 Å². The first kappa shape index (κ1) is 15.0. The van der Waals surface area contributed by atoms with Crippen molar-refractivity contribution in [2.45, 2.75) is 13.8 Å². The van der Waals surface area contributed by atoms with Crippen molar-refractivity contribution in [1.82, 2.24) is 10.2 Å². The van der Waals surface area contributed by atoms with Gasteiger partial charge in [-0.15, -0.1) is 5.10 Å². The predicted molar refractivity (Wildman–Crippen MR) is 83.9 cm³/mol. The van der Waals surface area contributed by atoms with Crippen molar-refractivity contribution in [1.29, 1.82) is 0 Å². The summed E-state index contributed by atoms with van der Waals surface area (Å²) in [6.07, 6.45) is 0. The van der Waals surface area contributed by atoms with Crippen LogP contribution in [0.1, 0.15) is 16.8 Å². The summed E-state index contributed by atoms with van der Waals surface area (Å²) in [5, 5.41) is 8.91. The van der Waals surface area contributed by atoms with E-state index < -0.39 is 0 Å². The highest BCUT2D eigenvalue weighted by molar-refractivity contribution is 7.80. The Morgan fingerprint density at radius 3 is 2.30 bits per heavy atom. The summed E-state index contributed by atoms with van der Waals surface area (Å²) < 4.78 is 5.66. The Kier molecular flexibility index (Phi) is 4.42. The molecule has 1 aromatic carbocycles. The SMILES string of the molecule is Cc1nnc(Oc2cc(Cl)cc(Cl)c2)c(C(N)=S)c1C.